The maximum atomic E-state index is 6.02. The zero-order valence-corrected chi connectivity index (χ0v) is 13.7. The summed E-state index contributed by atoms with van der Waals surface area (Å²) in [6, 6.07) is 10.4. The third-order valence-electron chi connectivity index (χ3n) is 3.34. The molecule has 3 nitrogen and oxygen atoms in total. The molecular weight excluding hydrogens is 282 g/mol. The second-order valence-corrected chi connectivity index (χ2v) is 5.98. The SMILES string of the molecule is CCCNC(C)c1ccc(OC)cc1OCc1cccs1. The summed E-state index contributed by atoms with van der Waals surface area (Å²) >= 11 is 1.71. The van der Waals surface area contributed by atoms with Gasteiger partial charge in [-0.1, -0.05) is 19.1 Å². The largest absolute Gasteiger partial charge is 0.497 e. The topological polar surface area (TPSA) is 30.5 Å². The molecule has 1 heterocycles. The number of nitrogens with one attached hydrogen (secondary N) is 1. The van der Waals surface area contributed by atoms with Gasteiger partial charge >= 0.3 is 0 Å². The Balaban J connectivity index is 2.14. The Bertz CT molecular complexity index is 540. The average molecular weight is 305 g/mol. The van der Waals surface area contributed by atoms with Crippen LogP contribution in [0.2, 0.25) is 0 Å². The molecule has 0 bridgehead atoms. The minimum atomic E-state index is 0.259. The van der Waals surface area contributed by atoms with Crippen LogP contribution in [0.15, 0.2) is 35.7 Å². The molecule has 0 radical (unpaired) electrons. The third-order valence-corrected chi connectivity index (χ3v) is 4.19. The molecule has 1 aromatic heterocycles. The molecular formula is C17H23NO2S. The van der Waals surface area contributed by atoms with Gasteiger partial charge in [-0.2, -0.15) is 0 Å². The fourth-order valence-electron chi connectivity index (χ4n) is 2.14. The lowest BCUT2D eigenvalue weighted by atomic mass is 10.1. The lowest BCUT2D eigenvalue weighted by molar-refractivity contribution is 0.300. The molecule has 2 aromatic rings. The molecule has 2 rings (SSSR count). The molecule has 1 N–H and O–H groups in total. The summed E-state index contributed by atoms with van der Waals surface area (Å²) in [4.78, 5) is 1.22. The molecule has 0 fully saturated rings. The summed E-state index contributed by atoms with van der Waals surface area (Å²) in [6.07, 6.45) is 1.12. The smallest absolute Gasteiger partial charge is 0.128 e. The van der Waals surface area contributed by atoms with Crippen LogP contribution in [0.5, 0.6) is 11.5 Å². The predicted octanol–water partition coefficient (Wildman–Crippen LogP) is 4.40. The van der Waals surface area contributed by atoms with E-state index in [1.807, 2.05) is 18.2 Å². The van der Waals surface area contributed by atoms with Crippen molar-refractivity contribution < 1.29 is 9.47 Å². The Morgan fingerprint density at radius 3 is 2.81 bits per heavy atom. The Hall–Kier alpha value is -1.52. The van der Waals surface area contributed by atoms with Crippen molar-refractivity contribution in [3.05, 3.63) is 46.2 Å². The van der Waals surface area contributed by atoms with Gasteiger partial charge in [0.1, 0.15) is 18.1 Å². The van der Waals surface area contributed by atoms with Crippen molar-refractivity contribution in [1.29, 1.82) is 0 Å². The standard InChI is InChI=1S/C17H23NO2S/c1-4-9-18-13(2)16-8-7-14(19-3)11-17(16)20-12-15-6-5-10-21-15/h5-8,10-11,13,18H,4,9,12H2,1-3H3. The molecule has 1 atom stereocenters. The molecule has 4 heteroatoms. The Kier molecular flexibility index (Phi) is 6.08. The highest BCUT2D eigenvalue weighted by Gasteiger charge is 2.12. The van der Waals surface area contributed by atoms with E-state index < -0.39 is 0 Å². The van der Waals surface area contributed by atoms with Crippen LogP contribution in [-0.2, 0) is 6.61 Å². The van der Waals surface area contributed by atoms with Crippen LogP contribution in [0.3, 0.4) is 0 Å². The number of hydrogen-bond donors (Lipinski definition) is 1. The highest BCUT2D eigenvalue weighted by molar-refractivity contribution is 7.09. The molecule has 1 unspecified atom stereocenters. The van der Waals surface area contributed by atoms with Crippen molar-refractivity contribution >= 4 is 11.3 Å². The highest BCUT2D eigenvalue weighted by atomic mass is 32.1. The van der Waals surface area contributed by atoms with Crippen molar-refractivity contribution in [2.24, 2.45) is 0 Å². The minimum Gasteiger partial charge on any atom is -0.497 e. The Morgan fingerprint density at radius 1 is 1.29 bits per heavy atom. The van der Waals surface area contributed by atoms with Gasteiger partial charge in [0, 0.05) is 22.5 Å². The van der Waals surface area contributed by atoms with Crippen molar-refractivity contribution in [3.63, 3.8) is 0 Å². The van der Waals surface area contributed by atoms with Crippen LogP contribution in [-0.4, -0.2) is 13.7 Å². The maximum absolute atomic E-state index is 6.02. The van der Waals surface area contributed by atoms with Crippen LogP contribution in [0, 0.1) is 0 Å². The number of ether oxygens (including phenoxy) is 2. The zero-order valence-electron chi connectivity index (χ0n) is 12.9. The van der Waals surface area contributed by atoms with Gasteiger partial charge in [-0.25, -0.2) is 0 Å². The zero-order chi connectivity index (χ0) is 15.1. The van der Waals surface area contributed by atoms with Gasteiger partial charge in [0.15, 0.2) is 0 Å². The van der Waals surface area contributed by atoms with Crippen LogP contribution in [0.25, 0.3) is 0 Å². The van der Waals surface area contributed by atoms with E-state index in [4.69, 9.17) is 9.47 Å². The van der Waals surface area contributed by atoms with E-state index in [0.29, 0.717) is 6.61 Å². The molecule has 114 valence electrons. The van der Waals surface area contributed by atoms with Crippen molar-refractivity contribution in [1.82, 2.24) is 5.32 Å². The molecule has 1 aromatic carbocycles. The van der Waals surface area contributed by atoms with Crippen LogP contribution in [0.1, 0.15) is 36.8 Å². The molecule has 0 aliphatic heterocycles. The van der Waals surface area contributed by atoms with Gasteiger partial charge in [0.25, 0.3) is 0 Å². The monoisotopic (exact) mass is 305 g/mol. The lowest BCUT2D eigenvalue weighted by Crippen LogP contribution is -2.20. The Labute approximate surface area is 130 Å². The number of methoxy groups -OCH3 is 1. The van der Waals surface area contributed by atoms with E-state index in [9.17, 15) is 0 Å². The number of rotatable bonds is 8. The van der Waals surface area contributed by atoms with Gasteiger partial charge < -0.3 is 14.8 Å². The molecule has 0 saturated carbocycles. The van der Waals surface area contributed by atoms with Gasteiger partial charge in [0.2, 0.25) is 0 Å². The fraction of sp³-hybridized carbons (Fsp3) is 0.412. The summed E-state index contributed by atoms with van der Waals surface area (Å²) in [5, 5.41) is 5.57. The summed E-state index contributed by atoms with van der Waals surface area (Å²) in [5.74, 6) is 1.71. The van der Waals surface area contributed by atoms with E-state index in [1.165, 1.54) is 10.4 Å². The van der Waals surface area contributed by atoms with E-state index >= 15 is 0 Å². The first-order valence-electron chi connectivity index (χ1n) is 7.31. The normalized spacial score (nSPS) is 12.1. The average Bonchev–Trinajstić information content (AvgIpc) is 3.03. The highest BCUT2D eigenvalue weighted by Crippen LogP contribution is 2.30. The second-order valence-electron chi connectivity index (χ2n) is 4.95. The van der Waals surface area contributed by atoms with E-state index in [0.717, 1.165) is 24.5 Å². The first-order valence-corrected chi connectivity index (χ1v) is 8.19. The van der Waals surface area contributed by atoms with Gasteiger partial charge in [-0.15, -0.1) is 11.3 Å². The predicted molar refractivity (Wildman–Crippen MR) is 88.4 cm³/mol. The van der Waals surface area contributed by atoms with E-state index in [-0.39, 0.29) is 6.04 Å². The summed E-state index contributed by atoms with van der Waals surface area (Å²) in [6.45, 7) is 5.92. The molecule has 21 heavy (non-hydrogen) atoms. The number of thiophene rings is 1. The number of hydrogen-bond acceptors (Lipinski definition) is 4. The lowest BCUT2D eigenvalue weighted by Gasteiger charge is -2.19. The molecule has 0 spiro atoms. The third kappa shape index (κ3) is 4.48. The maximum Gasteiger partial charge on any atom is 0.128 e. The first kappa shape index (κ1) is 15.9. The summed E-state index contributed by atoms with van der Waals surface area (Å²) in [7, 11) is 1.68. The minimum absolute atomic E-state index is 0.259. The van der Waals surface area contributed by atoms with E-state index in [1.54, 1.807) is 18.4 Å². The van der Waals surface area contributed by atoms with Crippen LogP contribution in [0.4, 0.5) is 0 Å². The molecule has 0 amide bonds. The fourth-order valence-corrected chi connectivity index (χ4v) is 2.75. The molecule has 0 aliphatic rings. The Morgan fingerprint density at radius 2 is 2.14 bits per heavy atom. The second kappa shape index (κ2) is 8.05. The van der Waals surface area contributed by atoms with Crippen LogP contribution < -0.4 is 14.8 Å². The molecule has 0 aliphatic carbocycles. The van der Waals surface area contributed by atoms with Gasteiger partial charge in [-0.05, 0) is 37.4 Å². The quantitative estimate of drug-likeness (QED) is 0.784. The summed E-state index contributed by atoms with van der Waals surface area (Å²) < 4.78 is 11.3. The number of benzene rings is 1. The molecule has 0 saturated heterocycles. The van der Waals surface area contributed by atoms with E-state index in [2.05, 4.69) is 36.7 Å². The van der Waals surface area contributed by atoms with Gasteiger partial charge in [0.05, 0.1) is 7.11 Å². The first-order chi connectivity index (χ1) is 10.2. The van der Waals surface area contributed by atoms with Crippen LogP contribution >= 0.6 is 11.3 Å². The van der Waals surface area contributed by atoms with Crippen molar-refractivity contribution in [2.45, 2.75) is 32.9 Å². The van der Waals surface area contributed by atoms with Crippen molar-refractivity contribution in [2.75, 3.05) is 13.7 Å². The summed E-state index contributed by atoms with van der Waals surface area (Å²) in [5.41, 5.74) is 1.17. The van der Waals surface area contributed by atoms with Gasteiger partial charge in [-0.3, -0.25) is 0 Å². The van der Waals surface area contributed by atoms with Crippen molar-refractivity contribution in [3.8, 4) is 11.5 Å².